The summed E-state index contributed by atoms with van der Waals surface area (Å²) in [5, 5.41) is 6.37. The molecule has 1 aromatic rings. The summed E-state index contributed by atoms with van der Waals surface area (Å²) < 4.78 is 26.8. The average Bonchev–Trinajstić information content (AvgIpc) is 2.55. The Morgan fingerprint density at radius 2 is 2.31 bits per heavy atom. The van der Waals surface area contributed by atoms with E-state index in [1.165, 1.54) is 0 Å². The molecule has 1 aliphatic rings. The highest BCUT2D eigenvalue weighted by molar-refractivity contribution is 5.34. The Morgan fingerprint density at radius 3 is 2.92 bits per heavy atom. The highest BCUT2D eigenvalue weighted by atomic mass is 19.3. The predicted molar refractivity (Wildman–Crippen MR) is 44.7 cm³/mol. The first-order valence-electron chi connectivity index (χ1n) is 4.51. The molecule has 0 saturated carbocycles. The van der Waals surface area contributed by atoms with Gasteiger partial charge in [0.25, 0.3) is 5.92 Å². The van der Waals surface area contributed by atoms with Crippen LogP contribution in [0, 0.1) is 5.92 Å². The Kier molecular flexibility index (Phi) is 1.68. The molecular weight excluding hydrogens is 174 g/mol. The predicted octanol–water partition coefficient (Wildman–Crippen LogP) is 2.26. The van der Waals surface area contributed by atoms with Gasteiger partial charge >= 0.3 is 0 Å². The molecule has 1 aliphatic carbocycles. The first-order valence-corrected chi connectivity index (χ1v) is 4.51. The van der Waals surface area contributed by atoms with E-state index in [1.807, 2.05) is 6.92 Å². The van der Waals surface area contributed by atoms with E-state index in [-0.39, 0.29) is 5.69 Å². The Morgan fingerprint density at radius 1 is 1.62 bits per heavy atom. The molecule has 0 fully saturated rings. The lowest BCUT2D eigenvalue weighted by Gasteiger charge is -2.13. The van der Waals surface area contributed by atoms with Crippen LogP contribution in [0.1, 0.15) is 30.8 Å². The molecular formula is C9H12F2N2. The summed E-state index contributed by atoms with van der Waals surface area (Å²) in [6, 6.07) is 0. The Bertz CT molecular complexity index is 330. The van der Waals surface area contributed by atoms with Crippen molar-refractivity contribution in [3.63, 3.8) is 0 Å². The van der Waals surface area contributed by atoms with Crippen LogP contribution in [0.15, 0.2) is 0 Å². The second-order valence-electron chi connectivity index (χ2n) is 3.61. The third-order valence-corrected chi connectivity index (χ3v) is 2.75. The lowest BCUT2D eigenvalue weighted by atomic mass is 10.1. The topological polar surface area (TPSA) is 28.7 Å². The average molecular weight is 186 g/mol. The number of nitrogens with zero attached hydrogens (tertiary/aromatic N) is 1. The Hall–Kier alpha value is -0.930. The summed E-state index contributed by atoms with van der Waals surface area (Å²) in [4.78, 5) is 0. The van der Waals surface area contributed by atoms with Crippen molar-refractivity contribution in [2.24, 2.45) is 5.92 Å². The summed E-state index contributed by atoms with van der Waals surface area (Å²) >= 11 is 0. The summed E-state index contributed by atoms with van der Waals surface area (Å²) in [5.74, 6) is -3.34. The second kappa shape index (κ2) is 2.53. The molecule has 0 spiro atoms. The van der Waals surface area contributed by atoms with Crippen LogP contribution in [0.4, 0.5) is 8.78 Å². The number of nitrogens with one attached hydrogen (secondary N) is 1. The highest BCUT2D eigenvalue weighted by Gasteiger charge is 2.49. The number of hydrogen-bond donors (Lipinski definition) is 1. The van der Waals surface area contributed by atoms with Crippen molar-refractivity contribution in [3.8, 4) is 0 Å². The molecule has 0 aromatic carbocycles. The van der Waals surface area contributed by atoms with Crippen molar-refractivity contribution >= 4 is 0 Å². The van der Waals surface area contributed by atoms with Gasteiger partial charge < -0.3 is 0 Å². The maximum absolute atomic E-state index is 13.4. The molecule has 1 unspecified atom stereocenters. The zero-order chi connectivity index (χ0) is 9.64. The Balaban J connectivity index is 2.50. The van der Waals surface area contributed by atoms with Gasteiger partial charge in [-0.25, -0.2) is 0 Å². The van der Waals surface area contributed by atoms with E-state index in [0.29, 0.717) is 6.42 Å². The molecule has 1 N–H and O–H groups in total. The van der Waals surface area contributed by atoms with Crippen LogP contribution in [0.2, 0.25) is 0 Å². The molecule has 1 heterocycles. The minimum Gasteiger partial charge on any atom is -0.282 e. The van der Waals surface area contributed by atoms with Gasteiger partial charge in [-0.15, -0.1) is 0 Å². The largest absolute Gasteiger partial charge is 0.294 e. The van der Waals surface area contributed by atoms with Crippen LogP contribution in [0.3, 0.4) is 0 Å². The second-order valence-corrected chi connectivity index (χ2v) is 3.61. The van der Waals surface area contributed by atoms with Gasteiger partial charge in [-0.05, 0) is 12.8 Å². The molecule has 0 saturated heterocycles. The molecule has 72 valence electrons. The molecule has 0 amide bonds. The van der Waals surface area contributed by atoms with Crippen LogP contribution in [0.5, 0.6) is 0 Å². The lowest BCUT2D eigenvalue weighted by Crippen LogP contribution is -2.18. The molecule has 0 aliphatic heterocycles. The number of fused-ring (bicyclic) bond motifs is 1. The normalized spacial score (nSPS) is 24.8. The summed E-state index contributed by atoms with van der Waals surface area (Å²) in [6.07, 6.45) is 1.19. The van der Waals surface area contributed by atoms with Gasteiger partial charge in [0.1, 0.15) is 5.69 Å². The van der Waals surface area contributed by atoms with Crippen molar-refractivity contribution in [2.75, 3.05) is 0 Å². The number of aryl methyl sites for hydroxylation is 1. The van der Waals surface area contributed by atoms with Gasteiger partial charge in [0.15, 0.2) is 0 Å². The third-order valence-electron chi connectivity index (χ3n) is 2.75. The molecule has 1 aromatic heterocycles. The lowest BCUT2D eigenvalue weighted by molar-refractivity contribution is -0.0492. The van der Waals surface area contributed by atoms with Gasteiger partial charge in [0.05, 0.1) is 0 Å². The van der Waals surface area contributed by atoms with Gasteiger partial charge in [-0.1, -0.05) is 13.8 Å². The van der Waals surface area contributed by atoms with Crippen molar-refractivity contribution in [2.45, 2.75) is 32.6 Å². The third kappa shape index (κ3) is 1.01. The van der Waals surface area contributed by atoms with Crippen molar-refractivity contribution in [3.05, 3.63) is 17.0 Å². The molecule has 2 nitrogen and oxygen atoms in total. The van der Waals surface area contributed by atoms with E-state index in [2.05, 4.69) is 10.2 Å². The van der Waals surface area contributed by atoms with Crippen molar-refractivity contribution in [1.82, 2.24) is 10.2 Å². The van der Waals surface area contributed by atoms with Crippen LogP contribution in [-0.2, 0) is 18.8 Å². The zero-order valence-electron chi connectivity index (χ0n) is 7.69. The number of aromatic amines is 1. The molecule has 1 atom stereocenters. The van der Waals surface area contributed by atoms with Crippen molar-refractivity contribution in [1.29, 1.82) is 0 Å². The van der Waals surface area contributed by atoms with Crippen LogP contribution in [-0.4, -0.2) is 10.2 Å². The monoisotopic (exact) mass is 186 g/mol. The molecule has 0 radical (unpaired) electrons. The maximum Gasteiger partial charge on any atom is 0.294 e. The fraction of sp³-hybridized carbons (Fsp3) is 0.667. The van der Waals surface area contributed by atoms with E-state index in [1.54, 1.807) is 6.92 Å². The fourth-order valence-electron chi connectivity index (χ4n) is 1.86. The molecule has 13 heavy (non-hydrogen) atoms. The summed E-state index contributed by atoms with van der Waals surface area (Å²) in [6.45, 7) is 3.51. The van der Waals surface area contributed by atoms with Gasteiger partial charge in [0, 0.05) is 17.2 Å². The first kappa shape index (κ1) is 8.66. The standard InChI is InChI=1S/C9H12F2N2/c1-3-7-6-4-5(2)9(10,11)8(6)13-12-7/h5H,3-4H2,1-2H3,(H,12,13). The fourth-order valence-corrected chi connectivity index (χ4v) is 1.86. The molecule has 0 bridgehead atoms. The maximum atomic E-state index is 13.4. The Labute approximate surface area is 75.3 Å². The van der Waals surface area contributed by atoms with Crippen LogP contribution >= 0.6 is 0 Å². The molecule has 2 rings (SSSR count). The summed E-state index contributed by atoms with van der Waals surface area (Å²) in [7, 11) is 0. The van der Waals surface area contributed by atoms with E-state index in [0.717, 1.165) is 17.7 Å². The van der Waals surface area contributed by atoms with E-state index in [4.69, 9.17) is 0 Å². The minimum atomic E-state index is -2.74. The number of H-pyrrole nitrogens is 1. The molecule has 4 heteroatoms. The first-order chi connectivity index (χ1) is 6.07. The number of rotatable bonds is 1. The quantitative estimate of drug-likeness (QED) is 0.716. The van der Waals surface area contributed by atoms with Crippen LogP contribution < -0.4 is 0 Å². The minimum absolute atomic E-state index is 0.0307. The van der Waals surface area contributed by atoms with Gasteiger partial charge in [0.2, 0.25) is 0 Å². The number of hydrogen-bond acceptors (Lipinski definition) is 1. The van der Waals surface area contributed by atoms with Gasteiger partial charge in [-0.3, -0.25) is 5.10 Å². The van der Waals surface area contributed by atoms with Crippen molar-refractivity contribution < 1.29 is 8.78 Å². The van der Waals surface area contributed by atoms with Crippen LogP contribution in [0.25, 0.3) is 0 Å². The van der Waals surface area contributed by atoms with Gasteiger partial charge in [-0.2, -0.15) is 13.9 Å². The number of alkyl halides is 2. The number of aromatic nitrogens is 2. The SMILES string of the molecule is CCc1[nH]nc2c1CC(C)C2(F)F. The van der Waals surface area contributed by atoms with E-state index in [9.17, 15) is 8.78 Å². The zero-order valence-corrected chi connectivity index (χ0v) is 7.69. The van der Waals surface area contributed by atoms with E-state index >= 15 is 0 Å². The highest BCUT2D eigenvalue weighted by Crippen LogP contribution is 2.45. The smallest absolute Gasteiger partial charge is 0.282 e. The number of halogens is 2. The van der Waals surface area contributed by atoms with E-state index < -0.39 is 11.8 Å². The summed E-state index contributed by atoms with van der Waals surface area (Å²) in [5.41, 5.74) is 1.57.